The molecule has 0 aliphatic heterocycles. The van der Waals surface area contributed by atoms with Crippen molar-refractivity contribution in [2.45, 2.75) is 31.2 Å². The van der Waals surface area contributed by atoms with Gasteiger partial charge in [-0.2, -0.15) is 0 Å². The summed E-state index contributed by atoms with van der Waals surface area (Å²) < 4.78 is 6.24. The lowest BCUT2D eigenvalue weighted by molar-refractivity contribution is -0.154. The first-order valence-electron chi connectivity index (χ1n) is 4.92. The Hall–Kier alpha value is -0.350. The summed E-state index contributed by atoms with van der Waals surface area (Å²) in [6, 6.07) is 7.58. The number of ether oxygens (including phenoxy) is 1. The van der Waals surface area contributed by atoms with E-state index in [1.165, 1.54) is 0 Å². The second-order valence-electron chi connectivity index (χ2n) is 4.45. The van der Waals surface area contributed by atoms with Crippen LogP contribution in [0.15, 0.2) is 28.7 Å². The molecule has 0 aromatic heterocycles. The molecule has 0 fully saturated rings. The molecule has 0 saturated carbocycles. The molecule has 0 radical (unpaired) electrons. The highest BCUT2D eigenvalue weighted by atomic mass is 79.9. The Balaban J connectivity index is 2.78. The van der Waals surface area contributed by atoms with Crippen LogP contribution in [-0.2, 0) is 9.53 Å². The number of alkyl halides is 1. The van der Waals surface area contributed by atoms with Crippen LogP contribution in [0.1, 0.15) is 31.2 Å². The molecule has 0 spiro atoms. The maximum absolute atomic E-state index is 11.8. The first kappa shape index (κ1) is 13.7. The molecule has 0 amide bonds. The molecule has 0 aliphatic carbocycles. The minimum absolute atomic E-state index is 0.273. The number of halogens is 2. The van der Waals surface area contributed by atoms with Gasteiger partial charge in [0.2, 0.25) is 0 Å². The lowest BCUT2D eigenvalue weighted by Gasteiger charge is -2.21. The Bertz CT molecular complexity index is 383. The maximum Gasteiger partial charge on any atom is 0.324 e. The van der Waals surface area contributed by atoms with Gasteiger partial charge in [0.25, 0.3) is 0 Å². The van der Waals surface area contributed by atoms with Crippen LogP contribution in [0.3, 0.4) is 0 Å². The first-order chi connectivity index (χ1) is 7.29. The molecule has 2 nitrogen and oxygen atoms in total. The number of hydrogen-bond acceptors (Lipinski definition) is 2. The summed E-state index contributed by atoms with van der Waals surface area (Å²) in [5, 5.41) is 0. The predicted octanol–water partition coefficient (Wildman–Crippen LogP) is 4.23. The third-order valence-corrected chi connectivity index (χ3v) is 3.15. The SMILES string of the molecule is CC(C)(C)OC(=O)C(Br)c1cccc(Br)c1. The lowest BCUT2D eigenvalue weighted by Crippen LogP contribution is -2.26. The zero-order valence-electron chi connectivity index (χ0n) is 9.46. The van der Waals surface area contributed by atoms with Gasteiger partial charge in [-0.3, -0.25) is 4.79 Å². The van der Waals surface area contributed by atoms with Crippen molar-refractivity contribution in [2.24, 2.45) is 0 Å². The number of carbonyl (C=O) groups excluding carboxylic acids is 1. The van der Waals surface area contributed by atoms with Crippen molar-refractivity contribution in [1.29, 1.82) is 0 Å². The van der Waals surface area contributed by atoms with Gasteiger partial charge in [0.1, 0.15) is 10.4 Å². The van der Waals surface area contributed by atoms with Crippen LogP contribution in [0.5, 0.6) is 0 Å². The summed E-state index contributed by atoms with van der Waals surface area (Å²) in [6.45, 7) is 5.56. The summed E-state index contributed by atoms with van der Waals surface area (Å²) >= 11 is 6.71. The number of benzene rings is 1. The highest BCUT2D eigenvalue weighted by molar-refractivity contribution is 9.10. The molecule has 1 aromatic rings. The molecule has 0 N–H and O–H groups in total. The van der Waals surface area contributed by atoms with E-state index in [-0.39, 0.29) is 5.97 Å². The molecule has 0 saturated heterocycles. The van der Waals surface area contributed by atoms with Crippen LogP contribution in [0, 0.1) is 0 Å². The van der Waals surface area contributed by atoms with Crippen LogP contribution < -0.4 is 0 Å². The Morgan fingerprint density at radius 2 is 2.00 bits per heavy atom. The third-order valence-electron chi connectivity index (χ3n) is 1.76. The van der Waals surface area contributed by atoms with Crippen LogP contribution in [-0.4, -0.2) is 11.6 Å². The van der Waals surface area contributed by atoms with Gasteiger partial charge >= 0.3 is 5.97 Å². The van der Waals surface area contributed by atoms with E-state index in [0.717, 1.165) is 10.0 Å². The number of esters is 1. The summed E-state index contributed by atoms with van der Waals surface area (Å²) in [5.74, 6) is -0.273. The van der Waals surface area contributed by atoms with E-state index in [0.29, 0.717) is 0 Å². The fraction of sp³-hybridized carbons (Fsp3) is 0.417. The van der Waals surface area contributed by atoms with Gasteiger partial charge in [-0.05, 0) is 38.5 Å². The zero-order valence-corrected chi connectivity index (χ0v) is 12.6. The molecule has 0 heterocycles. The van der Waals surface area contributed by atoms with Crippen molar-refractivity contribution < 1.29 is 9.53 Å². The lowest BCUT2D eigenvalue weighted by atomic mass is 10.1. The van der Waals surface area contributed by atoms with Crippen molar-refractivity contribution in [3.05, 3.63) is 34.3 Å². The monoisotopic (exact) mass is 348 g/mol. The zero-order chi connectivity index (χ0) is 12.3. The van der Waals surface area contributed by atoms with Gasteiger partial charge in [0.05, 0.1) is 0 Å². The number of carbonyl (C=O) groups is 1. The topological polar surface area (TPSA) is 26.3 Å². The Morgan fingerprint density at radius 1 is 1.38 bits per heavy atom. The average Bonchev–Trinajstić information content (AvgIpc) is 2.14. The first-order valence-corrected chi connectivity index (χ1v) is 6.63. The molecular formula is C12H14Br2O2. The Morgan fingerprint density at radius 3 is 2.50 bits per heavy atom. The molecule has 1 rings (SSSR count). The van der Waals surface area contributed by atoms with E-state index in [4.69, 9.17) is 4.74 Å². The van der Waals surface area contributed by atoms with Gasteiger partial charge in [-0.1, -0.05) is 44.0 Å². The second-order valence-corrected chi connectivity index (χ2v) is 6.28. The minimum Gasteiger partial charge on any atom is -0.459 e. The van der Waals surface area contributed by atoms with Crippen LogP contribution in [0.4, 0.5) is 0 Å². The fourth-order valence-electron chi connectivity index (χ4n) is 1.15. The minimum atomic E-state index is -0.463. The molecule has 1 atom stereocenters. The molecule has 16 heavy (non-hydrogen) atoms. The highest BCUT2D eigenvalue weighted by Crippen LogP contribution is 2.28. The molecule has 88 valence electrons. The van der Waals surface area contributed by atoms with E-state index < -0.39 is 10.4 Å². The molecule has 1 aromatic carbocycles. The van der Waals surface area contributed by atoms with E-state index in [2.05, 4.69) is 31.9 Å². The van der Waals surface area contributed by atoms with Crippen LogP contribution >= 0.6 is 31.9 Å². The van der Waals surface area contributed by atoms with Crippen LogP contribution in [0.2, 0.25) is 0 Å². The predicted molar refractivity (Wildman–Crippen MR) is 71.7 cm³/mol. The van der Waals surface area contributed by atoms with Gasteiger partial charge in [-0.15, -0.1) is 0 Å². The quantitative estimate of drug-likeness (QED) is 0.590. The van der Waals surface area contributed by atoms with Crippen molar-refractivity contribution in [1.82, 2.24) is 0 Å². The number of hydrogen-bond donors (Lipinski definition) is 0. The molecule has 0 bridgehead atoms. The van der Waals surface area contributed by atoms with Crippen molar-refractivity contribution >= 4 is 37.8 Å². The standard InChI is InChI=1S/C12H14Br2O2/c1-12(2,3)16-11(15)10(14)8-5-4-6-9(13)7-8/h4-7,10H,1-3H3. The molecular weight excluding hydrogens is 336 g/mol. The van der Waals surface area contributed by atoms with Crippen molar-refractivity contribution in [3.63, 3.8) is 0 Å². The second kappa shape index (κ2) is 5.32. The van der Waals surface area contributed by atoms with Crippen molar-refractivity contribution in [3.8, 4) is 0 Å². The largest absolute Gasteiger partial charge is 0.459 e. The van der Waals surface area contributed by atoms with Gasteiger partial charge < -0.3 is 4.74 Å². The van der Waals surface area contributed by atoms with Gasteiger partial charge in [-0.25, -0.2) is 0 Å². The normalized spacial score (nSPS) is 13.3. The Kier molecular flexibility index (Phi) is 4.56. The maximum atomic E-state index is 11.8. The van der Waals surface area contributed by atoms with E-state index in [1.807, 2.05) is 45.0 Å². The Labute approximate surface area is 113 Å². The van der Waals surface area contributed by atoms with Crippen molar-refractivity contribution in [2.75, 3.05) is 0 Å². The summed E-state index contributed by atoms with van der Waals surface area (Å²) in [6.07, 6.45) is 0. The highest BCUT2D eigenvalue weighted by Gasteiger charge is 2.24. The molecule has 4 heteroatoms. The van der Waals surface area contributed by atoms with Gasteiger partial charge in [0.15, 0.2) is 0 Å². The van der Waals surface area contributed by atoms with E-state index in [9.17, 15) is 4.79 Å². The molecule has 0 aliphatic rings. The van der Waals surface area contributed by atoms with E-state index in [1.54, 1.807) is 0 Å². The number of rotatable bonds is 2. The summed E-state index contributed by atoms with van der Waals surface area (Å²) in [5.41, 5.74) is 0.415. The third kappa shape index (κ3) is 4.26. The summed E-state index contributed by atoms with van der Waals surface area (Å²) in [7, 11) is 0. The smallest absolute Gasteiger partial charge is 0.324 e. The van der Waals surface area contributed by atoms with E-state index >= 15 is 0 Å². The van der Waals surface area contributed by atoms with Gasteiger partial charge in [0, 0.05) is 4.47 Å². The average molecular weight is 350 g/mol. The van der Waals surface area contributed by atoms with Crippen LogP contribution in [0.25, 0.3) is 0 Å². The summed E-state index contributed by atoms with van der Waals surface area (Å²) in [4.78, 5) is 11.4. The fourth-order valence-corrected chi connectivity index (χ4v) is 1.95. The molecule has 1 unspecified atom stereocenters.